The van der Waals surface area contributed by atoms with Crippen LogP contribution in [0.1, 0.15) is 47.9 Å². The van der Waals surface area contributed by atoms with E-state index in [4.69, 9.17) is 0 Å². The zero-order valence-corrected chi connectivity index (χ0v) is 28.9. The number of thioether (sulfide) groups is 1. The number of hydrogen-bond donors (Lipinski definition) is 1. The molecule has 9 heteroatoms. The summed E-state index contributed by atoms with van der Waals surface area (Å²) in [5.74, 6) is -0.684. The summed E-state index contributed by atoms with van der Waals surface area (Å²) in [5.41, 5.74) is 4.19. The van der Waals surface area contributed by atoms with Crippen molar-refractivity contribution in [3.8, 4) is 0 Å². The maximum Gasteiger partial charge on any atom is 0.264 e. The maximum atomic E-state index is 14.7. The van der Waals surface area contributed by atoms with Crippen molar-refractivity contribution in [2.45, 2.75) is 74.4 Å². The molecule has 5 rings (SSSR count). The van der Waals surface area contributed by atoms with Gasteiger partial charge in [0, 0.05) is 23.9 Å². The third-order valence-electron chi connectivity index (χ3n) is 8.69. The van der Waals surface area contributed by atoms with Crippen molar-refractivity contribution in [3.63, 3.8) is 0 Å². The molecule has 7 nitrogen and oxygen atoms in total. The van der Waals surface area contributed by atoms with Crippen molar-refractivity contribution in [2.24, 2.45) is 0 Å². The Morgan fingerprint density at radius 2 is 1.40 bits per heavy atom. The molecule has 0 heterocycles. The van der Waals surface area contributed by atoms with Crippen LogP contribution >= 0.6 is 11.8 Å². The van der Waals surface area contributed by atoms with Crippen LogP contribution in [0.2, 0.25) is 0 Å². The summed E-state index contributed by atoms with van der Waals surface area (Å²) in [4.78, 5) is 31.4. The van der Waals surface area contributed by atoms with Crippen LogP contribution in [0.3, 0.4) is 0 Å². The van der Waals surface area contributed by atoms with Crippen LogP contribution in [-0.4, -0.2) is 50.0 Å². The number of nitrogens with zero attached hydrogens (tertiary/aromatic N) is 2. The number of hydrogen-bond acceptors (Lipinski definition) is 5. The number of amides is 2. The van der Waals surface area contributed by atoms with E-state index in [-0.39, 0.29) is 23.4 Å². The normalized spacial score (nSPS) is 14.0. The molecule has 0 spiro atoms. The lowest BCUT2D eigenvalue weighted by molar-refractivity contribution is -0.140. The van der Waals surface area contributed by atoms with Crippen molar-refractivity contribution in [1.82, 2.24) is 10.2 Å². The average Bonchev–Trinajstić information content (AvgIpc) is 3.60. The molecule has 1 fully saturated rings. The molecule has 4 aromatic rings. The number of benzene rings is 4. The van der Waals surface area contributed by atoms with Crippen molar-refractivity contribution in [1.29, 1.82) is 0 Å². The van der Waals surface area contributed by atoms with E-state index in [1.54, 1.807) is 41.3 Å². The van der Waals surface area contributed by atoms with Crippen LogP contribution in [0, 0.1) is 13.8 Å². The van der Waals surface area contributed by atoms with Gasteiger partial charge in [0.05, 0.1) is 10.6 Å². The number of sulfonamides is 1. The van der Waals surface area contributed by atoms with Crippen LogP contribution in [0.5, 0.6) is 0 Å². The monoisotopic (exact) mass is 669 g/mol. The van der Waals surface area contributed by atoms with Gasteiger partial charge in [-0.2, -0.15) is 0 Å². The average molecular weight is 670 g/mol. The summed E-state index contributed by atoms with van der Waals surface area (Å²) in [5, 5.41) is 3.22. The van der Waals surface area contributed by atoms with Crippen LogP contribution in [-0.2, 0) is 32.6 Å². The van der Waals surface area contributed by atoms with Gasteiger partial charge in [-0.3, -0.25) is 13.9 Å². The minimum atomic E-state index is -4.15. The predicted molar refractivity (Wildman–Crippen MR) is 190 cm³/mol. The molecule has 1 atom stereocenters. The molecule has 1 aliphatic carbocycles. The molecule has 2 amide bonds. The Balaban J connectivity index is 1.55. The van der Waals surface area contributed by atoms with E-state index >= 15 is 0 Å². The molecule has 47 heavy (non-hydrogen) atoms. The van der Waals surface area contributed by atoms with Crippen molar-refractivity contribution >= 4 is 39.3 Å². The Morgan fingerprint density at radius 3 is 2.00 bits per heavy atom. The fraction of sp³-hybridized carbons (Fsp3) is 0.316. The Labute approximate surface area is 283 Å². The molecule has 1 saturated carbocycles. The molecule has 0 aromatic heterocycles. The van der Waals surface area contributed by atoms with Gasteiger partial charge in [-0.1, -0.05) is 90.7 Å². The van der Waals surface area contributed by atoms with Gasteiger partial charge in [0.2, 0.25) is 11.8 Å². The fourth-order valence-electron chi connectivity index (χ4n) is 5.93. The summed E-state index contributed by atoms with van der Waals surface area (Å²) in [6, 6.07) is 30.5. The third-order valence-corrected chi connectivity index (χ3v) is 11.2. The predicted octanol–water partition coefficient (Wildman–Crippen LogP) is 6.92. The van der Waals surface area contributed by atoms with Gasteiger partial charge >= 0.3 is 0 Å². The van der Waals surface area contributed by atoms with Crippen LogP contribution in [0.4, 0.5) is 5.69 Å². The Hall–Kier alpha value is -4.08. The summed E-state index contributed by atoms with van der Waals surface area (Å²) >= 11 is 1.52. The molecular weight excluding hydrogens is 627 g/mol. The Morgan fingerprint density at radius 1 is 0.809 bits per heavy atom. The van der Waals surface area contributed by atoms with E-state index in [0.29, 0.717) is 12.1 Å². The van der Waals surface area contributed by atoms with E-state index < -0.39 is 28.5 Å². The molecule has 0 bridgehead atoms. The largest absolute Gasteiger partial charge is 0.352 e. The minimum Gasteiger partial charge on any atom is -0.352 e. The quantitative estimate of drug-likeness (QED) is 0.156. The Kier molecular flexibility index (Phi) is 11.4. The molecule has 4 aromatic carbocycles. The molecule has 1 aliphatic rings. The molecule has 246 valence electrons. The summed E-state index contributed by atoms with van der Waals surface area (Å²) < 4.78 is 29.7. The standard InChI is InChI=1S/C38H43N3O4S2/c1-28-13-17-31(18-14-28)26-40(36(25-30-9-5-4-6-10-30)38(43)39-32-11-7-8-12-32)37(42)27-41(33-19-15-29(2)16-20-33)47(44,45)35-23-21-34(46-3)22-24-35/h4-6,9-10,13-24,32,36H,7-8,11-12,25-27H2,1-3H3,(H,39,43). The second kappa shape index (κ2) is 15.7. The highest BCUT2D eigenvalue weighted by Crippen LogP contribution is 2.27. The summed E-state index contributed by atoms with van der Waals surface area (Å²) in [6.45, 7) is 3.60. The van der Waals surface area contributed by atoms with Gasteiger partial charge in [0.25, 0.3) is 10.0 Å². The Bertz CT molecular complexity index is 1740. The van der Waals surface area contributed by atoms with Gasteiger partial charge < -0.3 is 10.2 Å². The zero-order valence-electron chi connectivity index (χ0n) is 27.3. The number of nitrogens with one attached hydrogen (secondary N) is 1. The number of aryl methyl sites for hydroxylation is 2. The maximum absolute atomic E-state index is 14.7. The summed E-state index contributed by atoms with van der Waals surface area (Å²) in [6.07, 6.45) is 6.15. The van der Waals surface area contributed by atoms with E-state index in [9.17, 15) is 18.0 Å². The van der Waals surface area contributed by atoms with Crippen molar-refractivity contribution < 1.29 is 18.0 Å². The summed E-state index contributed by atoms with van der Waals surface area (Å²) in [7, 11) is -4.15. The highest BCUT2D eigenvalue weighted by Gasteiger charge is 2.35. The fourth-order valence-corrected chi connectivity index (χ4v) is 7.75. The number of carbonyl (C=O) groups is 2. The smallest absolute Gasteiger partial charge is 0.264 e. The second-order valence-corrected chi connectivity index (χ2v) is 15.0. The third kappa shape index (κ3) is 8.84. The van der Waals surface area contributed by atoms with Crippen molar-refractivity contribution in [2.75, 3.05) is 17.1 Å². The first-order valence-corrected chi connectivity index (χ1v) is 18.7. The SMILES string of the molecule is CSc1ccc(S(=O)(=O)N(CC(=O)N(Cc2ccc(C)cc2)C(Cc2ccccc2)C(=O)NC2CCCC2)c2ccc(C)cc2)cc1. The lowest BCUT2D eigenvalue weighted by atomic mass is 10.0. The van der Waals surface area contributed by atoms with Crippen molar-refractivity contribution in [3.05, 3.63) is 125 Å². The van der Waals surface area contributed by atoms with Gasteiger partial charge in [-0.25, -0.2) is 8.42 Å². The molecule has 0 radical (unpaired) electrons. The van der Waals surface area contributed by atoms with E-state index in [1.165, 1.54) is 16.1 Å². The molecule has 1 N–H and O–H groups in total. The van der Waals surface area contributed by atoms with E-state index in [0.717, 1.165) is 52.8 Å². The van der Waals surface area contributed by atoms with Gasteiger partial charge in [-0.05, 0) is 80.5 Å². The van der Waals surface area contributed by atoms with Gasteiger partial charge in [0.15, 0.2) is 0 Å². The van der Waals surface area contributed by atoms with Crippen LogP contribution < -0.4 is 9.62 Å². The first kappa shape index (κ1) is 34.3. The zero-order chi connectivity index (χ0) is 33.4. The highest BCUT2D eigenvalue weighted by molar-refractivity contribution is 7.98. The molecule has 0 saturated heterocycles. The van der Waals surface area contributed by atoms with Gasteiger partial charge in [-0.15, -0.1) is 11.8 Å². The highest BCUT2D eigenvalue weighted by atomic mass is 32.2. The molecular formula is C38H43N3O4S2. The van der Waals surface area contributed by atoms with E-state index in [2.05, 4.69) is 5.32 Å². The lowest BCUT2D eigenvalue weighted by Gasteiger charge is -2.34. The first-order chi connectivity index (χ1) is 22.6. The van der Waals surface area contributed by atoms with Gasteiger partial charge in [0.1, 0.15) is 12.6 Å². The number of carbonyl (C=O) groups excluding carboxylic acids is 2. The lowest BCUT2D eigenvalue weighted by Crippen LogP contribution is -2.54. The minimum absolute atomic E-state index is 0.0609. The van der Waals surface area contributed by atoms with Crippen LogP contribution in [0.25, 0.3) is 0 Å². The second-order valence-electron chi connectivity index (χ2n) is 12.2. The topological polar surface area (TPSA) is 86.8 Å². The van der Waals surface area contributed by atoms with Crippen LogP contribution in [0.15, 0.2) is 113 Å². The number of rotatable bonds is 13. The molecule has 1 unspecified atom stereocenters. The molecule has 0 aliphatic heterocycles. The number of anilines is 1. The first-order valence-electron chi connectivity index (χ1n) is 16.1. The van der Waals surface area contributed by atoms with E-state index in [1.807, 2.05) is 86.8 Å².